The highest BCUT2D eigenvalue weighted by Crippen LogP contribution is 2.30. The molecule has 1 aromatic carbocycles. The number of aliphatic carboxylic acids is 1. The molecule has 0 aromatic heterocycles. The molecule has 1 aromatic rings. The monoisotopic (exact) mass is 561 g/mol. The van der Waals surface area contributed by atoms with Crippen molar-refractivity contribution in [3.05, 3.63) is 94.4 Å². The molecular weight excluding hydrogens is 514 g/mol. The van der Waals surface area contributed by atoms with Crippen LogP contribution >= 0.6 is 0 Å². The summed E-state index contributed by atoms with van der Waals surface area (Å²) in [4.78, 5) is 33.8. The number of nitrogens with zero attached hydrogens (tertiary/aromatic N) is 4. The van der Waals surface area contributed by atoms with Crippen LogP contribution in [0.1, 0.15) is 55.5 Å². The average Bonchev–Trinajstić information content (AvgIpc) is 2.95. The molecule has 0 aliphatic carbocycles. The fourth-order valence-electron chi connectivity index (χ4n) is 5.24. The number of piperidine rings is 1. The SMILES string of the molecule is C=C(/C=C(\C)CN1CCC(c2ccc(C(=O)N(C)C)cc2)CC1)/C(=C\C=NC)C1C=CC(N)=C(C(=O)O)N1C.CC. The number of likely N-dealkylation sites (N-methyl/N-ethyl adjacent to an activating group) is 1. The average molecular weight is 562 g/mol. The molecule has 0 bridgehead atoms. The molecule has 0 saturated carbocycles. The van der Waals surface area contributed by atoms with Gasteiger partial charge in [0.25, 0.3) is 5.91 Å². The molecule has 222 valence electrons. The third-order valence-electron chi connectivity index (χ3n) is 7.31. The van der Waals surface area contributed by atoms with Crippen LogP contribution in [-0.4, -0.2) is 91.8 Å². The Morgan fingerprint density at radius 2 is 1.78 bits per heavy atom. The predicted molar refractivity (Wildman–Crippen MR) is 169 cm³/mol. The van der Waals surface area contributed by atoms with Crippen molar-refractivity contribution in [3.63, 3.8) is 0 Å². The summed E-state index contributed by atoms with van der Waals surface area (Å²) in [5.74, 6) is -0.551. The van der Waals surface area contributed by atoms with E-state index in [1.54, 1.807) is 50.3 Å². The van der Waals surface area contributed by atoms with Crippen LogP contribution in [0.3, 0.4) is 0 Å². The highest BCUT2D eigenvalue weighted by Gasteiger charge is 2.28. The number of hydrogen-bond acceptors (Lipinski definition) is 6. The van der Waals surface area contributed by atoms with Gasteiger partial charge in [-0.1, -0.05) is 50.3 Å². The minimum atomic E-state index is -1.06. The van der Waals surface area contributed by atoms with Gasteiger partial charge in [-0.05, 0) is 79.8 Å². The lowest BCUT2D eigenvalue weighted by molar-refractivity contribution is -0.134. The Morgan fingerprint density at radius 1 is 1.17 bits per heavy atom. The molecule has 0 radical (unpaired) electrons. The molecule has 3 rings (SSSR count). The van der Waals surface area contributed by atoms with Crippen LogP contribution in [0, 0.1) is 0 Å². The molecule has 0 spiro atoms. The molecule has 2 aliphatic rings. The van der Waals surface area contributed by atoms with Crippen LogP contribution in [-0.2, 0) is 4.79 Å². The molecule has 3 N–H and O–H groups in total. The van der Waals surface area contributed by atoms with Gasteiger partial charge in [0.05, 0.1) is 11.7 Å². The minimum Gasteiger partial charge on any atom is -0.477 e. The topological polar surface area (TPSA) is 102 Å². The summed E-state index contributed by atoms with van der Waals surface area (Å²) in [6, 6.07) is 7.72. The van der Waals surface area contributed by atoms with Crippen LogP contribution in [0.15, 0.2) is 88.3 Å². The van der Waals surface area contributed by atoms with E-state index in [1.165, 1.54) is 11.1 Å². The summed E-state index contributed by atoms with van der Waals surface area (Å²) < 4.78 is 0. The molecule has 8 heteroatoms. The standard InChI is InChI=1S/C31H41N5O3.C2H6/c1-21(19-22(2)26(13-16-33-3)28-12-11-27(32)29(31(38)39)35(28)6)20-36-17-14-24(15-18-36)23-7-9-25(10-8-23)30(37)34(4)5;1-2/h7-13,16,19,24,28H,2,14-15,17-18,20,32H2,1,3-6H3,(H,38,39);1-2H3/b21-19+,26-13+,33-16?;. The van der Waals surface area contributed by atoms with Gasteiger partial charge in [0.15, 0.2) is 0 Å². The van der Waals surface area contributed by atoms with Gasteiger partial charge in [-0.2, -0.15) is 0 Å². The van der Waals surface area contributed by atoms with Crippen molar-refractivity contribution in [2.75, 3.05) is 47.8 Å². The van der Waals surface area contributed by atoms with Gasteiger partial charge in [-0.25, -0.2) is 4.79 Å². The lowest BCUT2D eigenvalue weighted by atomic mass is 9.88. The van der Waals surface area contributed by atoms with Gasteiger partial charge >= 0.3 is 5.97 Å². The molecule has 2 aliphatic heterocycles. The van der Waals surface area contributed by atoms with Gasteiger partial charge in [0.1, 0.15) is 5.70 Å². The fourth-order valence-corrected chi connectivity index (χ4v) is 5.24. The van der Waals surface area contributed by atoms with E-state index in [-0.39, 0.29) is 23.3 Å². The third kappa shape index (κ3) is 8.79. The van der Waals surface area contributed by atoms with Crippen molar-refractivity contribution in [2.24, 2.45) is 10.7 Å². The lowest BCUT2D eigenvalue weighted by Gasteiger charge is -2.34. The maximum Gasteiger partial charge on any atom is 0.354 e. The zero-order valence-corrected chi connectivity index (χ0v) is 25.7. The number of allylic oxidation sites excluding steroid dienone is 3. The first-order chi connectivity index (χ1) is 19.5. The summed E-state index contributed by atoms with van der Waals surface area (Å²) in [5, 5.41) is 9.65. The summed E-state index contributed by atoms with van der Waals surface area (Å²) in [5.41, 5.74) is 11.1. The van der Waals surface area contributed by atoms with E-state index < -0.39 is 5.97 Å². The van der Waals surface area contributed by atoms with Gasteiger partial charge < -0.3 is 20.6 Å². The van der Waals surface area contributed by atoms with E-state index in [1.807, 2.05) is 38.1 Å². The second-order valence-electron chi connectivity index (χ2n) is 10.4. The summed E-state index contributed by atoms with van der Waals surface area (Å²) in [6.45, 7) is 13.2. The molecule has 2 heterocycles. The van der Waals surface area contributed by atoms with Crippen molar-refractivity contribution < 1.29 is 14.7 Å². The molecule has 1 unspecified atom stereocenters. The normalized spacial score (nSPS) is 18.8. The number of nitrogens with two attached hydrogens (primary N) is 1. The largest absolute Gasteiger partial charge is 0.477 e. The zero-order valence-electron chi connectivity index (χ0n) is 25.7. The van der Waals surface area contributed by atoms with E-state index in [4.69, 9.17) is 5.73 Å². The highest BCUT2D eigenvalue weighted by atomic mass is 16.4. The molecule has 41 heavy (non-hydrogen) atoms. The van der Waals surface area contributed by atoms with E-state index in [9.17, 15) is 14.7 Å². The summed E-state index contributed by atoms with van der Waals surface area (Å²) >= 11 is 0. The first kappa shape index (κ1) is 33.3. The summed E-state index contributed by atoms with van der Waals surface area (Å²) in [7, 11) is 6.95. The smallest absolute Gasteiger partial charge is 0.354 e. The predicted octanol–water partition coefficient (Wildman–Crippen LogP) is 4.85. The van der Waals surface area contributed by atoms with Crippen LogP contribution in [0.25, 0.3) is 0 Å². The van der Waals surface area contributed by atoms with E-state index in [0.717, 1.165) is 49.2 Å². The lowest BCUT2D eigenvalue weighted by Crippen LogP contribution is -2.38. The summed E-state index contributed by atoms with van der Waals surface area (Å²) in [6.07, 6.45) is 11.3. The van der Waals surface area contributed by atoms with E-state index in [2.05, 4.69) is 41.6 Å². The molecule has 1 saturated heterocycles. The number of carboxylic acid groups (broad SMARTS) is 1. The molecule has 1 atom stereocenters. The first-order valence-electron chi connectivity index (χ1n) is 14.2. The van der Waals surface area contributed by atoms with Crippen LogP contribution in [0.2, 0.25) is 0 Å². The van der Waals surface area contributed by atoms with E-state index >= 15 is 0 Å². The van der Waals surface area contributed by atoms with Crippen molar-refractivity contribution in [1.29, 1.82) is 0 Å². The second-order valence-corrected chi connectivity index (χ2v) is 10.4. The Labute approximate surface area is 245 Å². The molecule has 8 nitrogen and oxygen atoms in total. The minimum absolute atomic E-state index is 0.0225. The number of hydrogen-bond donors (Lipinski definition) is 2. The van der Waals surface area contributed by atoms with Crippen LogP contribution in [0.4, 0.5) is 0 Å². The quantitative estimate of drug-likeness (QED) is 0.330. The second kappa shape index (κ2) is 15.8. The maximum absolute atomic E-state index is 12.2. The Morgan fingerprint density at radius 3 is 2.32 bits per heavy atom. The van der Waals surface area contributed by atoms with Crippen molar-refractivity contribution in [3.8, 4) is 0 Å². The van der Waals surface area contributed by atoms with Gasteiger partial charge in [0.2, 0.25) is 0 Å². The molecule has 1 fully saturated rings. The number of carbonyl (C=O) groups is 2. The fraction of sp³-hybridized carbons (Fsp3) is 0.424. The van der Waals surface area contributed by atoms with Crippen LogP contribution in [0.5, 0.6) is 0 Å². The number of carbonyl (C=O) groups excluding carboxylic acids is 1. The number of carboxylic acids is 1. The number of amides is 1. The Bertz CT molecular complexity index is 1230. The van der Waals surface area contributed by atoms with Crippen molar-refractivity contribution in [2.45, 2.75) is 45.6 Å². The van der Waals surface area contributed by atoms with Gasteiger partial charge in [-0.3, -0.25) is 14.7 Å². The molecular formula is C33H47N5O3. The van der Waals surface area contributed by atoms with Gasteiger partial charge in [-0.15, -0.1) is 0 Å². The third-order valence-corrected chi connectivity index (χ3v) is 7.31. The Hall–Kier alpha value is -3.91. The van der Waals surface area contributed by atoms with Crippen LogP contribution < -0.4 is 5.73 Å². The van der Waals surface area contributed by atoms with E-state index in [0.29, 0.717) is 5.92 Å². The maximum atomic E-state index is 12.2. The Balaban J connectivity index is 0.00000287. The van der Waals surface area contributed by atoms with Crippen molar-refractivity contribution >= 4 is 18.1 Å². The highest BCUT2D eigenvalue weighted by molar-refractivity contribution is 5.93. The number of rotatable bonds is 9. The van der Waals surface area contributed by atoms with Gasteiger partial charge in [0, 0.05) is 46.5 Å². The number of benzene rings is 1. The van der Waals surface area contributed by atoms with Crippen molar-refractivity contribution in [1.82, 2.24) is 14.7 Å². The Kier molecular flexibility index (Phi) is 12.8. The molecule has 1 amide bonds. The zero-order chi connectivity index (χ0) is 30.7. The number of likely N-dealkylation sites (tertiary alicyclic amines) is 1. The first-order valence-corrected chi connectivity index (χ1v) is 14.2. The number of aliphatic imine (C=N–C) groups is 1.